The molecule has 0 spiro atoms. The summed E-state index contributed by atoms with van der Waals surface area (Å²) < 4.78 is 0. The summed E-state index contributed by atoms with van der Waals surface area (Å²) in [6, 6.07) is 5.00. The Morgan fingerprint density at radius 2 is 1.54 bits per heavy atom. The van der Waals surface area contributed by atoms with E-state index < -0.39 is 0 Å². The van der Waals surface area contributed by atoms with Crippen LogP contribution in [0.5, 0.6) is 0 Å². The number of aryl methyl sites for hydroxylation is 2. The molecular formula is C19H36Br2N4O. The molecule has 0 atom stereocenters. The van der Waals surface area contributed by atoms with Crippen molar-refractivity contribution in [3.8, 4) is 0 Å². The zero-order chi connectivity index (χ0) is 18.4. The molecular weight excluding hydrogens is 460 g/mol. The summed E-state index contributed by atoms with van der Waals surface area (Å²) in [6.07, 6.45) is 0.921. The van der Waals surface area contributed by atoms with Crippen LogP contribution < -0.4 is 4.90 Å². The Kier molecular flexibility index (Phi) is 13.4. The van der Waals surface area contributed by atoms with Crippen LogP contribution in [0.2, 0.25) is 0 Å². The van der Waals surface area contributed by atoms with E-state index in [2.05, 4.69) is 37.6 Å². The molecule has 1 rings (SSSR count). The Labute approximate surface area is 180 Å². The highest BCUT2D eigenvalue weighted by Crippen LogP contribution is 2.17. The molecule has 0 saturated carbocycles. The van der Waals surface area contributed by atoms with Crippen molar-refractivity contribution in [2.45, 2.75) is 60.0 Å². The summed E-state index contributed by atoms with van der Waals surface area (Å²) in [6.45, 7) is 14.5. The maximum atomic E-state index is 12.6. The highest BCUT2D eigenvalue weighted by Gasteiger charge is 2.20. The van der Waals surface area contributed by atoms with Gasteiger partial charge in [-0.3, -0.25) is 9.80 Å². The summed E-state index contributed by atoms with van der Waals surface area (Å²) in [5.74, 6) is 0.742. The molecule has 0 bridgehead atoms. The van der Waals surface area contributed by atoms with Gasteiger partial charge < -0.3 is 4.90 Å². The van der Waals surface area contributed by atoms with Gasteiger partial charge in [0.15, 0.2) is 0 Å². The molecule has 5 nitrogen and oxygen atoms in total. The zero-order valence-electron chi connectivity index (χ0n) is 17.4. The van der Waals surface area contributed by atoms with Crippen LogP contribution in [0.4, 0.5) is 10.6 Å². The number of carbonyl (C=O) groups excluding carboxylic acids is 1. The van der Waals surface area contributed by atoms with Crippen LogP contribution in [0.1, 0.15) is 45.4 Å². The van der Waals surface area contributed by atoms with Crippen LogP contribution in [0.25, 0.3) is 0 Å². The SMILES string of the molecule is Br.Br.Cc1cc(C)nc(N(CCCN(C(C)C)C(C)C)C(=O)N(C)C)c1. The smallest absolute Gasteiger partial charge is 0.325 e. The van der Waals surface area contributed by atoms with Gasteiger partial charge in [-0.05, 0) is 65.7 Å². The minimum atomic E-state index is -0.0202. The van der Waals surface area contributed by atoms with Crippen molar-refractivity contribution in [3.63, 3.8) is 0 Å². The fourth-order valence-corrected chi connectivity index (χ4v) is 3.03. The van der Waals surface area contributed by atoms with E-state index in [9.17, 15) is 4.79 Å². The van der Waals surface area contributed by atoms with Crippen molar-refractivity contribution in [3.05, 3.63) is 23.4 Å². The average Bonchev–Trinajstić information content (AvgIpc) is 2.44. The number of pyridine rings is 1. The predicted octanol–water partition coefficient (Wildman–Crippen LogP) is 4.85. The first-order chi connectivity index (χ1) is 11.1. The molecule has 152 valence electrons. The summed E-state index contributed by atoms with van der Waals surface area (Å²) in [5.41, 5.74) is 2.06. The molecule has 2 amide bonds. The van der Waals surface area contributed by atoms with Gasteiger partial charge in [-0.2, -0.15) is 0 Å². The van der Waals surface area contributed by atoms with Crippen LogP contribution in [0, 0.1) is 13.8 Å². The van der Waals surface area contributed by atoms with Gasteiger partial charge >= 0.3 is 6.03 Å². The molecule has 0 aliphatic carbocycles. The summed E-state index contributed by atoms with van der Waals surface area (Å²) in [5, 5.41) is 0. The molecule has 0 unspecified atom stereocenters. The highest BCUT2D eigenvalue weighted by atomic mass is 79.9. The monoisotopic (exact) mass is 494 g/mol. The standard InChI is InChI=1S/C19H34N4O.2BrH/c1-14(2)22(15(3)4)10-9-11-23(19(24)21(7)8)18-13-16(5)12-17(6)20-18;;/h12-15H,9-11H2,1-8H3;2*1H. The normalized spacial score (nSPS) is 10.6. The van der Waals surface area contributed by atoms with Crippen molar-refractivity contribution >= 4 is 45.8 Å². The van der Waals surface area contributed by atoms with Crippen LogP contribution >= 0.6 is 34.0 Å². The first kappa shape index (κ1) is 27.6. The van der Waals surface area contributed by atoms with E-state index in [4.69, 9.17) is 0 Å². The van der Waals surface area contributed by atoms with Gasteiger partial charge in [0.05, 0.1) is 0 Å². The molecule has 0 aromatic carbocycles. The molecule has 0 fully saturated rings. The first-order valence-corrected chi connectivity index (χ1v) is 8.83. The Balaban J connectivity index is 0. The number of hydrogen-bond donors (Lipinski definition) is 0. The molecule has 0 aliphatic heterocycles. The Hall–Kier alpha value is -0.660. The molecule has 1 aromatic rings. The van der Waals surface area contributed by atoms with Gasteiger partial charge in [-0.25, -0.2) is 9.78 Å². The van der Waals surface area contributed by atoms with Crippen molar-refractivity contribution in [1.29, 1.82) is 0 Å². The van der Waals surface area contributed by atoms with E-state index in [-0.39, 0.29) is 40.0 Å². The average molecular weight is 496 g/mol. The fraction of sp³-hybridized carbons (Fsp3) is 0.684. The molecule has 0 aliphatic rings. The zero-order valence-corrected chi connectivity index (χ0v) is 20.9. The van der Waals surface area contributed by atoms with E-state index in [1.165, 1.54) is 0 Å². The summed E-state index contributed by atoms with van der Waals surface area (Å²) in [4.78, 5) is 23.0. The first-order valence-electron chi connectivity index (χ1n) is 8.83. The van der Waals surface area contributed by atoms with Gasteiger partial charge in [-0.15, -0.1) is 34.0 Å². The van der Waals surface area contributed by atoms with Gasteiger partial charge in [0, 0.05) is 45.0 Å². The lowest BCUT2D eigenvalue weighted by Gasteiger charge is -2.32. The molecule has 1 aromatic heterocycles. The third-order valence-corrected chi connectivity index (χ3v) is 4.10. The van der Waals surface area contributed by atoms with Crippen LogP contribution in [0.3, 0.4) is 0 Å². The van der Waals surface area contributed by atoms with Gasteiger partial charge in [-0.1, -0.05) is 0 Å². The highest BCUT2D eigenvalue weighted by molar-refractivity contribution is 8.93. The maximum Gasteiger partial charge on any atom is 0.325 e. The quantitative estimate of drug-likeness (QED) is 0.542. The summed E-state index contributed by atoms with van der Waals surface area (Å²) >= 11 is 0. The van der Waals surface area contributed by atoms with E-state index in [0.717, 1.165) is 30.0 Å². The number of hydrogen-bond acceptors (Lipinski definition) is 3. The van der Waals surface area contributed by atoms with Gasteiger partial charge in [0.2, 0.25) is 0 Å². The third-order valence-electron chi connectivity index (χ3n) is 4.10. The molecule has 1 heterocycles. The van der Waals surface area contributed by atoms with Crippen molar-refractivity contribution < 1.29 is 4.79 Å². The van der Waals surface area contributed by atoms with Crippen LogP contribution in [-0.4, -0.2) is 60.1 Å². The largest absolute Gasteiger partial charge is 0.330 e. The van der Waals surface area contributed by atoms with E-state index in [1.807, 2.05) is 26.0 Å². The third kappa shape index (κ3) is 8.35. The number of nitrogens with zero attached hydrogens (tertiary/aromatic N) is 4. The molecule has 26 heavy (non-hydrogen) atoms. The van der Waals surface area contributed by atoms with Crippen molar-refractivity contribution in [1.82, 2.24) is 14.8 Å². The Morgan fingerprint density at radius 3 is 1.96 bits per heavy atom. The number of halogens is 2. The van der Waals surface area contributed by atoms with Crippen molar-refractivity contribution in [2.24, 2.45) is 0 Å². The molecule has 0 saturated heterocycles. The second kappa shape index (κ2) is 12.7. The van der Waals surface area contributed by atoms with E-state index in [0.29, 0.717) is 18.6 Å². The topological polar surface area (TPSA) is 39.7 Å². The molecule has 0 N–H and O–H groups in total. The van der Waals surface area contributed by atoms with Crippen LogP contribution in [-0.2, 0) is 0 Å². The predicted molar refractivity (Wildman–Crippen MR) is 122 cm³/mol. The fourth-order valence-electron chi connectivity index (χ4n) is 3.03. The number of aromatic nitrogens is 1. The van der Waals surface area contributed by atoms with Crippen LogP contribution in [0.15, 0.2) is 12.1 Å². The number of rotatable bonds is 7. The number of anilines is 1. The Morgan fingerprint density at radius 1 is 1.00 bits per heavy atom. The lowest BCUT2D eigenvalue weighted by molar-refractivity contribution is 0.173. The van der Waals surface area contributed by atoms with E-state index in [1.54, 1.807) is 23.9 Å². The maximum absolute atomic E-state index is 12.6. The molecule has 0 radical (unpaired) electrons. The minimum absolute atomic E-state index is 0. The second-order valence-electron chi connectivity index (χ2n) is 7.25. The number of amides is 2. The van der Waals surface area contributed by atoms with E-state index >= 15 is 0 Å². The van der Waals surface area contributed by atoms with Gasteiger partial charge in [0.1, 0.15) is 5.82 Å². The van der Waals surface area contributed by atoms with Crippen molar-refractivity contribution in [2.75, 3.05) is 32.1 Å². The molecule has 7 heteroatoms. The number of urea groups is 1. The minimum Gasteiger partial charge on any atom is -0.330 e. The Bertz CT molecular complexity index is 522. The summed E-state index contributed by atoms with van der Waals surface area (Å²) in [7, 11) is 3.57. The lowest BCUT2D eigenvalue weighted by atomic mass is 10.2. The number of carbonyl (C=O) groups is 1. The van der Waals surface area contributed by atoms with Gasteiger partial charge in [0.25, 0.3) is 0 Å². The lowest BCUT2D eigenvalue weighted by Crippen LogP contribution is -2.43. The second-order valence-corrected chi connectivity index (χ2v) is 7.25.